The topological polar surface area (TPSA) is 68.9 Å². The van der Waals surface area contributed by atoms with Gasteiger partial charge in [0.15, 0.2) is 0 Å². The summed E-state index contributed by atoms with van der Waals surface area (Å²) in [6.07, 6.45) is 6.65. The number of carbonyl (C=O) groups is 1. The SMILES string of the molecule is O=C(CCn1cnc2ccccc2c1=O)NCCCn1cccc1. The number of nitrogens with zero attached hydrogens (tertiary/aromatic N) is 3. The largest absolute Gasteiger partial charge is 0.356 e. The van der Waals surface area contributed by atoms with Crippen LogP contribution < -0.4 is 10.9 Å². The smallest absolute Gasteiger partial charge is 0.261 e. The number of hydrogen-bond donors (Lipinski definition) is 1. The normalized spacial score (nSPS) is 10.8. The molecule has 0 saturated carbocycles. The molecule has 1 N–H and O–H groups in total. The highest BCUT2D eigenvalue weighted by atomic mass is 16.1. The van der Waals surface area contributed by atoms with Crippen LogP contribution in [0.25, 0.3) is 10.9 Å². The summed E-state index contributed by atoms with van der Waals surface area (Å²) >= 11 is 0. The predicted molar refractivity (Wildman–Crippen MR) is 92.7 cm³/mol. The molecule has 3 rings (SSSR count). The number of benzene rings is 1. The molecule has 0 unspecified atom stereocenters. The minimum atomic E-state index is -0.110. The van der Waals surface area contributed by atoms with Gasteiger partial charge in [-0.2, -0.15) is 0 Å². The molecular formula is C18H20N4O2. The van der Waals surface area contributed by atoms with Crippen LogP contribution in [-0.4, -0.2) is 26.6 Å². The van der Waals surface area contributed by atoms with Gasteiger partial charge in [-0.05, 0) is 30.7 Å². The Bertz CT molecular complexity index is 868. The van der Waals surface area contributed by atoms with E-state index in [1.165, 1.54) is 10.9 Å². The summed E-state index contributed by atoms with van der Waals surface area (Å²) < 4.78 is 3.56. The zero-order valence-corrected chi connectivity index (χ0v) is 13.4. The number of nitrogens with one attached hydrogen (secondary N) is 1. The van der Waals surface area contributed by atoms with E-state index in [-0.39, 0.29) is 17.9 Å². The van der Waals surface area contributed by atoms with Crippen LogP contribution in [0.15, 0.2) is 59.9 Å². The molecule has 0 aliphatic rings. The van der Waals surface area contributed by atoms with E-state index < -0.39 is 0 Å². The molecule has 0 aliphatic heterocycles. The fourth-order valence-corrected chi connectivity index (χ4v) is 2.58. The van der Waals surface area contributed by atoms with Gasteiger partial charge >= 0.3 is 0 Å². The molecule has 6 nitrogen and oxygen atoms in total. The maximum Gasteiger partial charge on any atom is 0.261 e. The summed E-state index contributed by atoms with van der Waals surface area (Å²) in [4.78, 5) is 28.5. The number of rotatable bonds is 7. The van der Waals surface area contributed by atoms with Gasteiger partial charge in [0.2, 0.25) is 5.91 Å². The minimum absolute atomic E-state index is 0.0532. The molecule has 0 radical (unpaired) electrons. The van der Waals surface area contributed by atoms with Gasteiger partial charge in [0.25, 0.3) is 5.56 Å². The monoisotopic (exact) mass is 324 g/mol. The third kappa shape index (κ3) is 3.90. The van der Waals surface area contributed by atoms with E-state index in [0.29, 0.717) is 24.0 Å². The second-order valence-electron chi connectivity index (χ2n) is 5.63. The molecule has 124 valence electrons. The maximum absolute atomic E-state index is 12.3. The first-order valence-electron chi connectivity index (χ1n) is 8.06. The fourth-order valence-electron chi connectivity index (χ4n) is 2.58. The lowest BCUT2D eigenvalue weighted by molar-refractivity contribution is -0.121. The standard InChI is InChI=1S/C18H20N4O2/c23-17(19-9-5-12-21-10-3-4-11-21)8-13-22-14-20-16-7-2-1-6-15(16)18(22)24/h1-4,6-7,10-11,14H,5,8-9,12-13H2,(H,19,23). The Hall–Kier alpha value is -2.89. The van der Waals surface area contributed by atoms with E-state index in [9.17, 15) is 9.59 Å². The number of amides is 1. The van der Waals surface area contributed by atoms with E-state index in [1.807, 2.05) is 36.7 Å². The van der Waals surface area contributed by atoms with Crippen molar-refractivity contribution >= 4 is 16.8 Å². The third-order valence-electron chi connectivity index (χ3n) is 3.89. The second kappa shape index (κ2) is 7.59. The first-order valence-corrected chi connectivity index (χ1v) is 8.06. The van der Waals surface area contributed by atoms with Crippen molar-refractivity contribution in [2.45, 2.75) is 25.9 Å². The van der Waals surface area contributed by atoms with Gasteiger partial charge in [-0.25, -0.2) is 4.98 Å². The Morgan fingerprint density at radius 3 is 2.71 bits per heavy atom. The molecule has 2 aromatic heterocycles. The molecule has 3 aromatic rings. The van der Waals surface area contributed by atoms with Gasteiger partial charge in [0.1, 0.15) is 0 Å². The average molecular weight is 324 g/mol. The molecule has 0 atom stereocenters. The van der Waals surface area contributed by atoms with Crippen LogP contribution in [0.3, 0.4) is 0 Å². The van der Waals surface area contributed by atoms with E-state index in [0.717, 1.165) is 13.0 Å². The van der Waals surface area contributed by atoms with E-state index >= 15 is 0 Å². The summed E-state index contributed by atoms with van der Waals surface area (Å²) in [5, 5.41) is 3.46. The van der Waals surface area contributed by atoms with E-state index in [4.69, 9.17) is 0 Å². The maximum atomic E-state index is 12.3. The Balaban J connectivity index is 1.47. The summed E-state index contributed by atoms with van der Waals surface area (Å²) in [7, 11) is 0. The highest BCUT2D eigenvalue weighted by Crippen LogP contribution is 2.04. The second-order valence-corrected chi connectivity index (χ2v) is 5.63. The minimum Gasteiger partial charge on any atom is -0.356 e. The molecule has 2 heterocycles. The molecule has 0 fully saturated rings. The van der Waals surface area contributed by atoms with Crippen LogP contribution in [0.4, 0.5) is 0 Å². The summed E-state index contributed by atoms with van der Waals surface area (Å²) in [5.74, 6) is -0.0532. The van der Waals surface area contributed by atoms with Crippen molar-refractivity contribution in [3.05, 3.63) is 65.5 Å². The summed E-state index contributed by atoms with van der Waals surface area (Å²) in [6, 6.07) is 11.2. The van der Waals surface area contributed by atoms with Crippen LogP contribution in [0.1, 0.15) is 12.8 Å². The first kappa shape index (κ1) is 16.0. The zero-order valence-electron chi connectivity index (χ0n) is 13.4. The number of hydrogen-bond acceptors (Lipinski definition) is 3. The lowest BCUT2D eigenvalue weighted by atomic mass is 10.2. The van der Waals surface area contributed by atoms with Crippen LogP contribution in [0.5, 0.6) is 0 Å². The molecular weight excluding hydrogens is 304 g/mol. The molecule has 1 aromatic carbocycles. The van der Waals surface area contributed by atoms with Crippen LogP contribution in [-0.2, 0) is 17.9 Å². The third-order valence-corrected chi connectivity index (χ3v) is 3.89. The van der Waals surface area contributed by atoms with Crippen LogP contribution >= 0.6 is 0 Å². The molecule has 6 heteroatoms. The average Bonchev–Trinajstić information content (AvgIpc) is 3.12. The molecule has 0 aliphatic carbocycles. The van der Waals surface area contributed by atoms with Crippen molar-refractivity contribution in [2.75, 3.05) is 6.54 Å². The van der Waals surface area contributed by atoms with E-state index in [1.54, 1.807) is 12.1 Å². The van der Waals surface area contributed by atoms with Crippen LogP contribution in [0.2, 0.25) is 0 Å². The van der Waals surface area contributed by atoms with Crippen molar-refractivity contribution in [3.63, 3.8) is 0 Å². The van der Waals surface area contributed by atoms with Crippen molar-refractivity contribution in [2.24, 2.45) is 0 Å². The Labute approximate surface area is 139 Å². The number of fused-ring (bicyclic) bond motifs is 1. The predicted octanol–water partition coefficient (Wildman–Crippen LogP) is 1.79. The Morgan fingerprint density at radius 2 is 1.88 bits per heavy atom. The van der Waals surface area contributed by atoms with Gasteiger partial charge in [0.05, 0.1) is 17.2 Å². The van der Waals surface area contributed by atoms with E-state index in [2.05, 4.69) is 14.9 Å². The molecule has 0 bridgehead atoms. The van der Waals surface area contributed by atoms with Crippen LogP contribution in [0, 0.1) is 0 Å². The zero-order chi connectivity index (χ0) is 16.8. The fraction of sp³-hybridized carbons (Fsp3) is 0.278. The summed E-state index contributed by atoms with van der Waals surface area (Å²) in [5.41, 5.74) is 0.564. The molecule has 24 heavy (non-hydrogen) atoms. The van der Waals surface area contributed by atoms with Gasteiger partial charge in [-0.15, -0.1) is 0 Å². The summed E-state index contributed by atoms with van der Waals surface area (Å²) in [6.45, 7) is 1.84. The van der Waals surface area contributed by atoms with Gasteiger partial charge in [-0.3, -0.25) is 14.2 Å². The Kier molecular flexibility index (Phi) is 5.05. The highest BCUT2D eigenvalue weighted by molar-refractivity contribution is 5.77. The molecule has 0 saturated heterocycles. The lowest BCUT2D eigenvalue weighted by Crippen LogP contribution is -2.28. The number of aromatic nitrogens is 3. The van der Waals surface area contributed by atoms with Crippen molar-refractivity contribution in [3.8, 4) is 0 Å². The van der Waals surface area contributed by atoms with Crippen molar-refractivity contribution in [1.29, 1.82) is 0 Å². The highest BCUT2D eigenvalue weighted by Gasteiger charge is 2.06. The number of para-hydroxylation sites is 1. The number of carbonyl (C=O) groups excluding carboxylic acids is 1. The van der Waals surface area contributed by atoms with Crippen molar-refractivity contribution < 1.29 is 4.79 Å². The van der Waals surface area contributed by atoms with Gasteiger partial charge in [-0.1, -0.05) is 12.1 Å². The van der Waals surface area contributed by atoms with Gasteiger partial charge < -0.3 is 9.88 Å². The molecule has 1 amide bonds. The number of aryl methyl sites for hydroxylation is 2. The van der Waals surface area contributed by atoms with Gasteiger partial charge in [0, 0.05) is 38.4 Å². The van der Waals surface area contributed by atoms with Crippen molar-refractivity contribution in [1.82, 2.24) is 19.4 Å². The molecule has 0 spiro atoms. The Morgan fingerprint density at radius 1 is 1.08 bits per heavy atom. The first-order chi connectivity index (χ1) is 11.7. The lowest BCUT2D eigenvalue weighted by Gasteiger charge is -2.08. The quantitative estimate of drug-likeness (QED) is 0.674.